The van der Waals surface area contributed by atoms with Crippen molar-refractivity contribution in [3.8, 4) is 0 Å². The number of hydrogen-bond acceptors (Lipinski definition) is 3. The van der Waals surface area contributed by atoms with Crippen LogP contribution in [0.2, 0.25) is 0 Å². The molecule has 100 valence electrons. The van der Waals surface area contributed by atoms with Gasteiger partial charge in [-0.1, -0.05) is 24.3 Å². The average Bonchev–Trinajstić information content (AvgIpc) is 2.38. The van der Waals surface area contributed by atoms with Gasteiger partial charge in [0.1, 0.15) is 0 Å². The van der Waals surface area contributed by atoms with Crippen molar-refractivity contribution in [1.82, 2.24) is 10.2 Å². The maximum absolute atomic E-state index is 5.55. The molecule has 0 saturated carbocycles. The normalized spacial score (nSPS) is 22.1. The SMILES string of the molecule is Cc1ccccc1C(CC1COCCN1)N(C)C. The van der Waals surface area contributed by atoms with Gasteiger partial charge in [-0.3, -0.25) is 0 Å². The minimum atomic E-state index is 0.449. The summed E-state index contributed by atoms with van der Waals surface area (Å²) in [6, 6.07) is 9.58. The summed E-state index contributed by atoms with van der Waals surface area (Å²) in [5, 5.41) is 3.54. The molecule has 2 unspecified atom stereocenters. The van der Waals surface area contributed by atoms with Gasteiger partial charge < -0.3 is 15.0 Å². The number of nitrogens with one attached hydrogen (secondary N) is 1. The number of nitrogens with zero attached hydrogens (tertiary/aromatic N) is 1. The van der Waals surface area contributed by atoms with Gasteiger partial charge in [0.05, 0.1) is 13.2 Å². The fraction of sp³-hybridized carbons (Fsp3) is 0.600. The van der Waals surface area contributed by atoms with Crippen LogP contribution in [-0.4, -0.2) is 44.8 Å². The number of hydrogen-bond donors (Lipinski definition) is 1. The van der Waals surface area contributed by atoms with Crippen molar-refractivity contribution < 1.29 is 4.74 Å². The van der Waals surface area contributed by atoms with Crippen molar-refractivity contribution >= 4 is 0 Å². The highest BCUT2D eigenvalue weighted by atomic mass is 16.5. The predicted octanol–water partition coefficient (Wildman–Crippen LogP) is 1.98. The van der Waals surface area contributed by atoms with Crippen molar-refractivity contribution in [2.24, 2.45) is 0 Å². The van der Waals surface area contributed by atoms with Crippen molar-refractivity contribution in [3.63, 3.8) is 0 Å². The van der Waals surface area contributed by atoms with Crippen molar-refractivity contribution in [3.05, 3.63) is 35.4 Å². The first kappa shape index (κ1) is 13.5. The van der Waals surface area contributed by atoms with E-state index in [1.807, 2.05) is 0 Å². The summed E-state index contributed by atoms with van der Waals surface area (Å²) in [4.78, 5) is 2.30. The van der Waals surface area contributed by atoms with E-state index in [4.69, 9.17) is 4.74 Å². The summed E-state index contributed by atoms with van der Waals surface area (Å²) in [5.41, 5.74) is 2.79. The molecule has 0 radical (unpaired) electrons. The quantitative estimate of drug-likeness (QED) is 0.882. The molecule has 1 saturated heterocycles. The molecule has 1 fully saturated rings. The van der Waals surface area contributed by atoms with E-state index in [0.29, 0.717) is 12.1 Å². The summed E-state index contributed by atoms with van der Waals surface area (Å²) < 4.78 is 5.55. The van der Waals surface area contributed by atoms with E-state index in [-0.39, 0.29) is 0 Å². The molecule has 1 heterocycles. The molecule has 1 aromatic carbocycles. The lowest BCUT2D eigenvalue weighted by molar-refractivity contribution is 0.0647. The summed E-state index contributed by atoms with van der Waals surface area (Å²) in [5.74, 6) is 0. The topological polar surface area (TPSA) is 24.5 Å². The van der Waals surface area contributed by atoms with E-state index in [2.05, 4.69) is 55.5 Å². The molecule has 18 heavy (non-hydrogen) atoms. The van der Waals surface area contributed by atoms with Gasteiger partial charge in [-0.05, 0) is 38.6 Å². The van der Waals surface area contributed by atoms with Crippen LogP contribution >= 0.6 is 0 Å². The number of ether oxygens (including phenoxy) is 1. The molecule has 2 atom stereocenters. The molecular formula is C15H24N2O. The van der Waals surface area contributed by atoms with Crippen LogP contribution in [0.15, 0.2) is 24.3 Å². The van der Waals surface area contributed by atoms with Crippen LogP contribution < -0.4 is 5.32 Å². The van der Waals surface area contributed by atoms with Crippen molar-refractivity contribution in [2.75, 3.05) is 33.9 Å². The fourth-order valence-corrected chi connectivity index (χ4v) is 2.62. The second kappa shape index (κ2) is 6.32. The molecule has 1 N–H and O–H groups in total. The summed E-state index contributed by atoms with van der Waals surface area (Å²) in [6.07, 6.45) is 1.10. The minimum absolute atomic E-state index is 0.449. The zero-order chi connectivity index (χ0) is 13.0. The van der Waals surface area contributed by atoms with Crippen LogP contribution in [0.1, 0.15) is 23.6 Å². The van der Waals surface area contributed by atoms with E-state index in [1.165, 1.54) is 11.1 Å². The van der Waals surface area contributed by atoms with Crippen LogP contribution in [0, 0.1) is 6.92 Å². The van der Waals surface area contributed by atoms with Gasteiger partial charge >= 0.3 is 0 Å². The van der Waals surface area contributed by atoms with Crippen LogP contribution in [0.4, 0.5) is 0 Å². The maximum atomic E-state index is 5.55. The zero-order valence-electron chi connectivity index (χ0n) is 11.6. The smallest absolute Gasteiger partial charge is 0.0620 e. The first-order valence-electron chi connectivity index (χ1n) is 6.71. The molecule has 3 heteroatoms. The van der Waals surface area contributed by atoms with E-state index in [1.54, 1.807) is 0 Å². The summed E-state index contributed by atoms with van der Waals surface area (Å²) in [7, 11) is 4.31. The summed E-state index contributed by atoms with van der Waals surface area (Å²) >= 11 is 0. The lowest BCUT2D eigenvalue weighted by atomic mass is 9.94. The van der Waals surface area contributed by atoms with E-state index < -0.39 is 0 Å². The molecule has 2 rings (SSSR count). The highest BCUT2D eigenvalue weighted by Crippen LogP contribution is 2.26. The molecular weight excluding hydrogens is 224 g/mol. The highest BCUT2D eigenvalue weighted by molar-refractivity contribution is 5.28. The average molecular weight is 248 g/mol. The van der Waals surface area contributed by atoms with Crippen LogP contribution in [-0.2, 0) is 4.74 Å². The van der Waals surface area contributed by atoms with Gasteiger partial charge in [-0.2, -0.15) is 0 Å². The number of morpholine rings is 1. The molecule has 1 aliphatic rings. The largest absolute Gasteiger partial charge is 0.379 e. The molecule has 1 aliphatic heterocycles. The van der Waals surface area contributed by atoms with Gasteiger partial charge in [0.2, 0.25) is 0 Å². The van der Waals surface area contributed by atoms with Crippen molar-refractivity contribution in [1.29, 1.82) is 0 Å². The first-order chi connectivity index (χ1) is 8.68. The predicted molar refractivity (Wildman–Crippen MR) is 74.8 cm³/mol. The molecule has 3 nitrogen and oxygen atoms in total. The minimum Gasteiger partial charge on any atom is -0.379 e. The lowest BCUT2D eigenvalue weighted by Crippen LogP contribution is -2.43. The van der Waals surface area contributed by atoms with Crippen LogP contribution in [0.25, 0.3) is 0 Å². The Morgan fingerprint density at radius 1 is 1.39 bits per heavy atom. The number of benzene rings is 1. The summed E-state index contributed by atoms with van der Waals surface area (Å²) in [6.45, 7) is 4.83. The second-order valence-corrected chi connectivity index (χ2v) is 5.30. The lowest BCUT2D eigenvalue weighted by Gasteiger charge is -2.32. The van der Waals surface area contributed by atoms with E-state index >= 15 is 0 Å². The van der Waals surface area contributed by atoms with E-state index in [9.17, 15) is 0 Å². The first-order valence-corrected chi connectivity index (χ1v) is 6.71. The molecule has 0 aliphatic carbocycles. The molecule has 0 aromatic heterocycles. The highest BCUT2D eigenvalue weighted by Gasteiger charge is 2.22. The maximum Gasteiger partial charge on any atom is 0.0620 e. The standard InChI is InChI=1S/C15H24N2O/c1-12-6-4-5-7-14(12)15(17(2)3)10-13-11-18-9-8-16-13/h4-7,13,15-16H,8-11H2,1-3H3. The Kier molecular flexibility index (Phi) is 4.75. The molecule has 0 spiro atoms. The monoisotopic (exact) mass is 248 g/mol. The molecule has 0 amide bonds. The fourth-order valence-electron chi connectivity index (χ4n) is 2.62. The zero-order valence-corrected chi connectivity index (χ0v) is 11.6. The molecule has 1 aromatic rings. The van der Waals surface area contributed by atoms with Gasteiger partial charge in [-0.15, -0.1) is 0 Å². The Bertz CT molecular complexity index is 373. The Morgan fingerprint density at radius 2 is 2.17 bits per heavy atom. The third kappa shape index (κ3) is 3.31. The van der Waals surface area contributed by atoms with E-state index in [0.717, 1.165) is 26.2 Å². The Labute approximate surface area is 110 Å². The van der Waals surface area contributed by atoms with Crippen LogP contribution in [0.5, 0.6) is 0 Å². The van der Waals surface area contributed by atoms with Crippen LogP contribution in [0.3, 0.4) is 0 Å². The van der Waals surface area contributed by atoms with Crippen molar-refractivity contribution in [2.45, 2.75) is 25.4 Å². The number of rotatable bonds is 4. The Balaban J connectivity index is 2.10. The third-order valence-electron chi connectivity index (χ3n) is 3.68. The van der Waals surface area contributed by atoms with Gasteiger partial charge in [0.25, 0.3) is 0 Å². The Morgan fingerprint density at radius 3 is 2.78 bits per heavy atom. The molecule has 0 bridgehead atoms. The third-order valence-corrected chi connectivity index (χ3v) is 3.68. The number of aryl methyl sites for hydroxylation is 1. The van der Waals surface area contributed by atoms with Gasteiger partial charge in [0.15, 0.2) is 0 Å². The Hall–Kier alpha value is -0.900. The second-order valence-electron chi connectivity index (χ2n) is 5.30. The van der Waals surface area contributed by atoms with Gasteiger partial charge in [-0.25, -0.2) is 0 Å². The van der Waals surface area contributed by atoms with Gasteiger partial charge in [0, 0.05) is 18.6 Å².